The first-order valence-electron chi connectivity index (χ1n) is 14.1. The highest BCUT2D eigenvalue weighted by Gasteiger charge is 2.62. The topological polar surface area (TPSA) is 130 Å². The van der Waals surface area contributed by atoms with Crippen molar-refractivity contribution in [1.29, 1.82) is 0 Å². The quantitative estimate of drug-likeness (QED) is 0.316. The summed E-state index contributed by atoms with van der Waals surface area (Å²) in [4.78, 5) is 38.2. The number of ether oxygens (including phenoxy) is 2. The van der Waals surface area contributed by atoms with Gasteiger partial charge in [0.25, 0.3) is 5.56 Å². The Hall–Kier alpha value is -1.62. The van der Waals surface area contributed by atoms with Crippen LogP contribution in [0.15, 0.2) is 21.9 Å². The number of aromatic amines is 1. The molecule has 11 nitrogen and oxygen atoms in total. The number of nitrogens with zero attached hydrogens (tertiary/aromatic N) is 1. The number of H-pyrrole nitrogens is 1. The third-order valence-electron chi connectivity index (χ3n) is 7.75. The zero-order chi connectivity index (χ0) is 29.1. The van der Waals surface area contributed by atoms with Gasteiger partial charge in [0.15, 0.2) is 6.23 Å². The van der Waals surface area contributed by atoms with E-state index in [0.717, 1.165) is 0 Å². The normalized spacial score (nSPS) is 26.6. The lowest BCUT2D eigenvalue weighted by Crippen LogP contribution is -2.66. The molecule has 0 bridgehead atoms. The van der Waals surface area contributed by atoms with E-state index in [9.17, 15) is 14.4 Å². The summed E-state index contributed by atoms with van der Waals surface area (Å²) >= 11 is 0. The van der Waals surface area contributed by atoms with Gasteiger partial charge in [0.05, 0.1) is 6.61 Å². The number of hydrogen-bond donors (Lipinski definition) is 2. The average molecular weight is 586 g/mol. The smallest absolute Gasteiger partial charge is 0.335 e. The van der Waals surface area contributed by atoms with Gasteiger partial charge in [-0.15, -0.1) is 0 Å². The highest BCUT2D eigenvalue weighted by Crippen LogP contribution is 2.48. The molecule has 222 valence electrons. The molecule has 2 aliphatic heterocycles. The number of rotatable bonds is 10. The molecule has 1 aromatic rings. The summed E-state index contributed by atoms with van der Waals surface area (Å²) in [5.74, 6) is -0.109. The molecule has 0 saturated carbocycles. The van der Waals surface area contributed by atoms with Crippen molar-refractivity contribution in [3.8, 4) is 0 Å². The fraction of sp³-hybridized carbons (Fsp3) is 0.808. The standard InChI is InChI=1S/C26H47N3O8Si2/c1-16(2)38(17(3)4)34-15-21-23(36-39(37-38,18(5)6)19(7)8)24(33-14-10-12-27-20(9)30)25(35-21)29-13-11-22(31)28-26(29)32/h11,13,16-19,21,23-25H,10,12,14-15H2,1-9H3,(H,27,30)(H,28,31,32)/t21-,23-,24-,25-/m1/s1. The van der Waals surface area contributed by atoms with Gasteiger partial charge in [-0.1, -0.05) is 55.4 Å². The minimum absolute atomic E-state index is 0.109. The highest BCUT2D eigenvalue weighted by atomic mass is 28.5. The Kier molecular flexibility index (Phi) is 10.6. The Balaban J connectivity index is 2.06. The lowest BCUT2D eigenvalue weighted by atomic mass is 10.1. The zero-order valence-corrected chi connectivity index (χ0v) is 26.8. The summed E-state index contributed by atoms with van der Waals surface area (Å²) < 4.78 is 35.5. The predicted octanol–water partition coefficient (Wildman–Crippen LogP) is 3.30. The van der Waals surface area contributed by atoms with Crippen LogP contribution in [0, 0.1) is 0 Å². The van der Waals surface area contributed by atoms with Crippen LogP contribution >= 0.6 is 0 Å². The molecule has 4 atom stereocenters. The Morgan fingerprint density at radius 2 is 1.69 bits per heavy atom. The Morgan fingerprint density at radius 1 is 1.08 bits per heavy atom. The minimum Gasteiger partial charge on any atom is -0.414 e. The molecule has 0 unspecified atom stereocenters. The Bertz CT molecular complexity index is 1070. The second-order valence-electron chi connectivity index (χ2n) is 11.8. The molecule has 3 rings (SSSR count). The molecule has 0 aromatic carbocycles. The maximum Gasteiger partial charge on any atom is 0.335 e. The fourth-order valence-corrected chi connectivity index (χ4v) is 16.9. The van der Waals surface area contributed by atoms with Gasteiger partial charge in [-0.2, -0.15) is 0 Å². The average Bonchev–Trinajstić information content (AvgIpc) is 3.14. The van der Waals surface area contributed by atoms with E-state index in [1.807, 2.05) is 0 Å². The molecule has 2 N–H and O–H groups in total. The number of aromatic nitrogens is 2. The van der Waals surface area contributed by atoms with E-state index in [0.29, 0.717) is 19.6 Å². The van der Waals surface area contributed by atoms with E-state index < -0.39 is 52.9 Å². The van der Waals surface area contributed by atoms with Gasteiger partial charge < -0.3 is 27.8 Å². The van der Waals surface area contributed by atoms with Gasteiger partial charge in [0.2, 0.25) is 5.91 Å². The molecular weight excluding hydrogens is 538 g/mol. The van der Waals surface area contributed by atoms with Crippen molar-refractivity contribution in [3.63, 3.8) is 0 Å². The van der Waals surface area contributed by atoms with Crippen LogP contribution in [0.1, 0.15) is 75.0 Å². The largest absolute Gasteiger partial charge is 0.414 e. The van der Waals surface area contributed by atoms with Crippen LogP contribution < -0.4 is 16.6 Å². The maximum absolute atomic E-state index is 12.8. The van der Waals surface area contributed by atoms with Crippen molar-refractivity contribution in [2.75, 3.05) is 19.8 Å². The summed E-state index contributed by atoms with van der Waals surface area (Å²) in [6.07, 6.45) is -0.579. The van der Waals surface area contributed by atoms with Crippen LogP contribution in [-0.4, -0.2) is 70.7 Å². The van der Waals surface area contributed by atoms with Crippen molar-refractivity contribution < 1.29 is 27.2 Å². The number of fused-ring (bicyclic) bond motifs is 1. The minimum atomic E-state index is -2.96. The molecule has 2 fully saturated rings. The summed E-state index contributed by atoms with van der Waals surface area (Å²) in [6, 6.07) is 1.29. The van der Waals surface area contributed by atoms with Crippen molar-refractivity contribution in [2.24, 2.45) is 0 Å². The number of amides is 1. The predicted molar refractivity (Wildman–Crippen MR) is 152 cm³/mol. The van der Waals surface area contributed by atoms with Gasteiger partial charge in [-0.3, -0.25) is 19.1 Å². The molecule has 0 radical (unpaired) electrons. The molecular formula is C26H47N3O8Si2. The molecule has 1 aromatic heterocycles. The molecule has 39 heavy (non-hydrogen) atoms. The third-order valence-corrected chi connectivity index (χ3v) is 18.0. The molecule has 13 heteroatoms. The SMILES string of the molecule is CC(=O)NCCCO[C@@H]1[C@@H]2O[Si](C(C)C)(C(C)C)O[Si](C(C)C)(C(C)C)OC[C@H]2O[C@H]1n1ccc(=O)[nH]c1=O. The van der Waals surface area contributed by atoms with Gasteiger partial charge >= 0.3 is 22.8 Å². The van der Waals surface area contributed by atoms with E-state index in [-0.39, 0.29) is 34.7 Å². The number of nitrogens with one attached hydrogen (secondary N) is 2. The number of carbonyl (C=O) groups is 1. The monoisotopic (exact) mass is 585 g/mol. The van der Waals surface area contributed by atoms with Gasteiger partial charge in [-0.25, -0.2) is 4.79 Å². The molecule has 1 amide bonds. The number of hydrogen-bond acceptors (Lipinski definition) is 8. The van der Waals surface area contributed by atoms with Gasteiger partial charge in [-0.05, 0) is 28.6 Å². The van der Waals surface area contributed by atoms with Gasteiger partial charge in [0.1, 0.15) is 18.3 Å². The molecule has 2 saturated heterocycles. The van der Waals surface area contributed by atoms with Crippen LogP contribution in [0.2, 0.25) is 22.2 Å². The first kappa shape index (κ1) is 31.9. The van der Waals surface area contributed by atoms with E-state index in [1.54, 1.807) is 0 Å². The first-order valence-corrected chi connectivity index (χ1v) is 18.0. The maximum atomic E-state index is 12.8. The summed E-state index contributed by atoms with van der Waals surface area (Å²) in [5.41, 5.74) is -0.491. The summed E-state index contributed by atoms with van der Waals surface area (Å²) in [7, 11) is -5.73. The lowest BCUT2D eigenvalue weighted by molar-refractivity contribution is -0.119. The van der Waals surface area contributed by atoms with Crippen LogP contribution in [0.5, 0.6) is 0 Å². The van der Waals surface area contributed by atoms with Crippen molar-refractivity contribution in [1.82, 2.24) is 14.9 Å². The van der Waals surface area contributed by atoms with E-state index >= 15 is 0 Å². The molecule has 3 heterocycles. The van der Waals surface area contributed by atoms with Crippen LogP contribution in [0.4, 0.5) is 0 Å². The molecule has 2 aliphatic rings. The third kappa shape index (κ3) is 6.66. The Morgan fingerprint density at radius 3 is 2.23 bits per heavy atom. The summed E-state index contributed by atoms with van der Waals surface area (Å²) in [6.45, 7) is 19.7. The van der Waals surface area contributed by atoms with E-state index in [4.69, 9.17) is 22.4 Å². The van der Waals surface area contributed by atoms with Crippen LogP contribution in [0.3, 0.4) is 0 Å². The second kappa shape index (κ2) is 12.9. The molecule has 0 aliphatic carbocycles. The van der Waals surface area contributed by atoms with Crippen molar-refractivity contribution in [3.05, 3.63) is 33.1 Å². The Labute approximate surface area is 233 Å². The van der Waals surface area contributed by atoms with Crippen molar-refractivity contribution >= 4 is 23.0 Å². The number of carbonyl (C=O) groups excluding carboxylic acids is 1. The summed E-state index contributed by atoms with van der Waals surface area (Å²) in [5, 5.41) is 2.77. The van der Waals surface area contributed by atoms with Crippen LogP contribution in [0.25, 0.3) is 0 Å². The fourth-order valence-electron chi connectivity index (χ4n) is 5.71. The lowest BCUT2D eigenvalue weighted by Gasteiger charge is -2.51. The first-order chi connectivity index (χ1) is 18.2. The second-order valence-corrected chi connectivity index (χ2v) is 20.7. The van der Waals surface area contributed by atoms with Crippen molar-refractivity contribution in [2.45, 2.75) is 115 Å². The van der Waals surface area contributed by atoms with Gasteiger partial charge in [0, 0.05) is 32.3 Å². The van der Waals surface area contributed by atoms with E-state index in [1.165, 1.54) is 23.8 Å². The van der Waals surface area contributed by atoms with E-state index in [2.05, 4.69) is 65.7 Å². The highest BCUT2D eigenvalue weighted by molar-refractivity contribution is 6.84. The van der Waals surface area contributed by atoms with Crippen LogP contribution in [-0.2, 0) is 27.2 Å². The molecule has 0 spiro atoms. The zero-order valence-electron chi connectivity index (χ0n) is 24.8.